The molecule has 0 aromatic rings. The summed E-state index contributed by atoms with van der Waals surface area (Å²) in [6, 6.07) is 0. The summed E-state index contributed by atoms with van der Waals surface area (Å²) in [6.45, 7) is 0. The third-order valence-electron chi connectivity index (χ3n) is 1.88. The fraction of sp³-hybridized carbons (Fsp3) is 0.167. The Balaban J connectivity index is 0.000000284. The van der Waals surface area contributed by atoms with Crippen molar-refractivity contribution in [3.8, 4) is 0 Å². The summed E-state index contributed by atoms with van der Waals surface area (Å²) in [6.07, 6.45) is 15.0. The van der Waals surface area contributed by atoms with Gasteiger partial charge in [-0.2, -0.15) is 12.2 Å². The quantitative estimate of drug-likeness (QED) is 0.586. The minimum absolute atomic E-state index is 0. The summed E-state index contributed by atoms with van der Waals surface area (Å²) in [5.41, 5.74) is 0. The molecule has 2 aliphatic carbocycles. The molecule has 0 aromatic carbocycles. The van der Waals surface area contributed by atoms with E-state index in [1.165, 1.54) is 0 Å². The molecule has 0 aliphatic heterocycles. The van der Waals surface area contributed by atoms with Crippen LogP contribution in [-0.2, 0) is 26.7 Å². The Bertz CT molecular complexity index is 331. The topological polar surface area (TPSA) is 74.6 Å². The first kappa shape index (κ1) is 15.4. The zero-order valence-corrected chi connectivity index (χ0v) is 9.79. The second-order valence-electron chi connectivity index (χ2n) is 3.07. The van der Waals surface area contributed by atoms with Gasteiger partial charge in [-0.1, -0.05) is 0 Å². The normalized spacial score (nSPS) is 22.8. The summed E-state index contributed by atoms with van der Waals surface area (Å²) in [5.74, 6) is -2.69. The second kappa shape index (κ2) is 7.65. The third kappa shape index (κ3) is 5.33. The van der Waals surface area contributed by atoms with Gasteiger partial charge in [0.15, 0.2) is 0 Å². The summed E-state index contributed by atoms with van der Waals surface area (Å²) < 4.78 is 0. The molecule has 2 atom stereocenters. The Hall–Kier alpha value is -1.58. The van der Waals surface area contributed by atoms with Crippen molar-refractivity contribution in [1.29, 1.82) is 0 Å². The molecule has 0 fully saturated rings. The standard InChI is InChI=1S/2C6H5O2.Fe/c2*7-6(8)5-3-1-2-4-5;/h2*1-3,5H,(H,7,8);/q2*-1;+2. The summed E-state index contributed by atoms with van der Waals surface area (Å²) >= 11 is 0. The first-order valence-corrected chi connectivity index (χ1v) is 4.59. The van der Waals surface area contributed by atoms with Gasteiger partial charge in [-0.15, -0.1) is 0 Å². The molecule has 2 rings (SSSR count). The second-order valence-corrected chi connectivity index (χ2v) is 3.07. The van der Waals surface area contributed by atoms with Crippen LogP contribution in [0.25, 0.3) is 0 Å². The summed E-state index contributed by atoms with van der Waals surface area (Å²) in [4.78, 5) is 20.1. The number of hydrogen-bond acceptors (Lipinski definition) is 2. The van der Waals surface area contributed by atoms with Crippen molar-refractivity contribution in [3.05, 3.63) is 48.6 Å². The SMILES string of the molecule is O=C(O)C1[C-]=CC=C1.O=C(O)C1[C-]=CC=C1.[Fe+2]. The van der Waals surface area contributed by atoms with E-state index in [4.69, 9.17) is 10.2 Å². The number of hydrogen-bond donors (Lipinski definition) is 2. The molecule has 0 amide bonds. The molecule has 2 unspecified atom stereocenters. The number of rotatable bonds is 2. The molecule has 17 heavy (non-hydrogen) atoms. The van der Waals surface area contributed by atoms with Gasteiger partial charge in [0.25, 0.3) is 11.9 Å². The van der Waals surface area contributed by atoms with Crippen LogP contribution in [0.3, 0.4) is 0 Å². The van der Waals surface area contributed by atoms with Gasteiger partial charge in [-0.3, -0.25) is 21.7 Å². The minimum Gasteiger partial charge on any atom is -0.482 e. The summed E-state index contributed by atoms with van der Waals surface area (Å²) in [5, 5.41) is 16.6. The predicted octanol–water partition coefficient (Wildman–Crippen LogP) is 1.23. The van der Waals surface area contributed by atoms with Gasteiger partial charge in [0.2, 0.25) is 0 Å². The fourth-order valence-electron chi connectivity index (χ4n) is 1.07. The van der Waals surface area contributed by atoms with E-state index in [1.807, 2.05) is 0 Å². The number of carboxylic acid groups (broad SMARTS) is 2. The van der Waals surface area contributed by atoms with Crippen LogP contribution in [0, 0.1) is 24.0 Å². The molecule has 0 radical (unpaired) electrons. The van der Waals surface area contributed by atoms with Crippen LogP contribution >= 0.6 is 0 Å². The maximum absolute atomic E-state index is 10.1. The molecule has 0 saturated heterocycles. The number of allylic oxidation sites excluding steroid dienone is 4. The van der Waals surface area contributed by atoms with E-state index in [1.54, 1.807) is 36.5 Å². The van der Waals surface area contributed by atoms with Crippen molar-refractivity contribution in [2.24, 2.45) is 11.8 Å². The maximum atomic E-state index is 10.1. The van der Waals surface area contributed by atoms with Crippen LogP contribution in [0.1, 0.15) is 0 Å². The monoisotopic (exact) mass is 274 g/mol. The van der Waals surface area contributed by atoms with Crippen LogP contribution < -0.4 is 0 Å². The minimum atomic E-state index is -0.838. The average Bonchev–Trinajstić information content (AvgIpc) is 2.93. The van der Waals surface area contributed by atoms with Crippen LogP contribution in [0.5, 0.6) is 0 Å². The van der Waals surface area contributed by atoms with Crippen LogP contribution in [0.2, 0.25) is 0 Å². The molecule has 0 heterocycles. The zero-order chi connectivity index (χ0) is 12.0. The van der Waals surface area contributed by atoms with E-state index in [2.05, 4.69) is 12.2 Å². The molecule has 0 spiro atoms. The van der Waals surface area contributed by atoms with Crippen molar-refractivity contribution in [2.75, 3.05) is 0 Å². The average molecular weight is 274 g/mol. The van der Waals surface area contributed by atoms with Crippen molar-refractivity contribution in [1.82, 2.24) is 0 Å². The van der Waals surface area contributed by atoms with Crippen LogP contribution in [0.15, 0.2) is 36.5 Å². The number of aliphatic carboxylic acids is 2. The smallest absolute Gasteiger partial charge is 0.482 e. The van der Waals surface area contributed by atoms with E-state index >= 15 is 0 Å². The molecule has 4 nitrogen and oxygen atoms in total. The third-order valence-corrected chi connectivity index (χ3v) is 1.88. The molecule has 2 N–H and O–H groups in total. The molecule has 0 aromatic heterocycles. The van der Waals surface area contributed by atoms with E-state index in [9.17, 15) is 9.59 Å². The maximum Gasteiger partial charge on any atom is 2.00 e. The van der Waals surface area contributed by atoms with Crippen molar-refractivity contribution in [3.63, 3.8) is 0 Å². The largest absolute Gasteiger partial charge is 2.00 e. The van der Waals surface area contributed by atoms with Gasteiger partial charge in [0, 0.05) is 11.8 Å². The van der Waals surface area contributed by atoms with Gasteiger partial charge >= 0.3 is 17.1 Å². The molecule has 5 heteroatoms. The van der Waals surface area contributed by atoms with Gasteiger partial charge in [-0.05, 0) is 0 Å². The fourth-order valence-corrected chi connectivity index (χ4v) is 1.07. The first-order chi connectivity index (χ1) is 7.61. The van der Waals surface area contributed by atoms with Crippen LogP contribution in [-0.4, -0.2) is 22.2 Å². The first-order valence-electron chi connectivity index (χ1n) is 4.59. The Morgan fingerprint density at radius 3 is 1.35 bits per heavy atom. The number of carbonyl (C=O) groups is 2. The van der Waals surface area contributed by atoms with Crippen molar-refractivity contribution in [2.45, 2.75) is 0 Å². The Morgan fingerprint density at radius 1 is 0.882 bits per heavy atom. The van der Waals surface area contributed by atoms with E-state index in [0.29, 0.717) is 0 Å². The van der Waals surface area contributed by atoms with Gasteiger partial charge < -0.3 is 10.2 Å². The van der Waals surface area contributed by atoms with E-state index in [-0.39, 0.29) is 17.1 Å². The molecule has 2 aliphatic rings. The summed E-state index contributed by atoms with van der Waals surface area (Å²) in [7, 11) is 0. The van der Waals surface area contributed by atoms with Gasteiger partial charge in [-0.25, -0.2) is 24.3 Å². The Morgan fingerprint density at radius 2 is 1.24 bits per heavy atom. The van der Waals surface area contributed by atoms with E-state index < -0.39 is 23.8 Å². The van der Waals surface area contributed by atoms with Crippen LogP contribution in [0.4, 0.5) is 0 Å². The van der Waals surface area contributed by atoms with Crippen molar-refractivity contribution < 1.29 is 36.9 Å². The molecular formula is C12H10FeO4. The molecule has 90 valence electrons. The molecule has 0 bridgehead atoms. The zero-order valence-electron chi connectivity index (χ0n) is 8.68. The Labute approximate surface area is 109 Å². The molecule has 0 saturated carbocycles. The van der Waals surface area contributed by atoms with Gasteiger partial charge in [0.1, 0.15) is 0 Å². The number of carboxylic acids is 2. The van der Waals surface area contributed by atoms with E-state index in [0.717, 1.165) is 0 Å². The van der Waals surface area contributed by atoms with Crippen molar-refractivity contribution >= 4 is 11.9 Å². The van der Waals surface area contributed by atoms with Gasteiger partial charge in [0.05, 0.1) is 0 Å². The predicted molar refractivity (Wildman–Crippen MR) is 56.2 cm³/mol. The Kier molecular flexibility index (Phi) is 6.94. The molecular weight excluding hydrogens is 264 g/mol.